The van der Waals surface area contributed by atoms with Crippen molar-refractivity contribution in [2.45, 2.75) is 47.1 Å². The van der Waals surface area contributed by atoms with Crippen molar-refractivity contribution < 1.29 is 0 Å². The molecule has 0 aromatic heterocycles. The molecule has 1 heteroatoms. The summed E-state index contributed by atoms with van der Waals surface area (Å²) in [6, 6.07) is 8.27. The Bertz CT molecular complexity index is 305. The van der Waals surface area contributed by atoms with Crippen molar-refractivity contribution >= 4 is 6.21 Å². The van der Waals surface area contributed by atoms with Crippen LogP contribution >= 0.6 is 0 Å². The van der Waals surface area contributed by atoms with E-state index in [1.54, 1.807) is 0 Å². The molecule has 0 bridgehead atoms. The van der Waals surface area contributed by atoms with E-state index in [9.17, 15) is 0 Å². The lowest BCUT2D eigenvalue weighted by molar-refractivity contribution is 0.586. The quantitative estimate of drug-likeness (QED) is 0.608. The predicted molar refractivity (Wildman–Crippen MR) is 69.9 cm³/mol. The molecule has 1 nitrogen and oxygen atoms in total. The van der Waals surface area contributed by atoms with Crippen LogP contribution in [0, 0.1) is 6.92 Å². The van der Waals surface area contributed by atoms with Crippen molar-refractivity contribution in [3.8, 4) is 0 Å². The number of hydrogen-bond donors (Lipinski definition) is 0. The molecule has 0 fully saturated rings. The van der Waals surface area contributed by atoms with E-state index < -0.39 is 0 Å². The summed E-state index contributed by atoms with van der Waals surface area (Å²) in [6.45, 7) is 12.4. The first-order chi connectivity index (χ1) is 6.99. The highest BCUT2D eigenvalue weighted by Gasteiger charge is 2.04. The number of aliphatic imine (C=N–C) groups is 1. The molecule has 1 rings (SSSR count). The molecule has 0 amide bonds. The van der Waals surface area contributed by atoms with Crippen LogP contribution in [0.3, 0.4) is 0 Å². The Balaban J connectivity index is 0.000000921. The third-order valence-electron chi connectivity index (χ3n) is 1.78. The summed E-state index contributed by atoms with van der Waals surface area (Å²) in [5.41, 5.74) is 2.50. The van der Waals surface area contributed by atoms with Gasteiger partial charge in [-0.2, -0.15) is 0 Å². The molecule has 0 saturated heterocycles. The summed E-state index contributed by atoms with van der Waals surface area (Å²) >= 11 is 0. The summed E-state index contributed by atoms with van der Waals surface area (Å²) in [4.78, 5) is 4.46. The minimum atomic E-state index is 0.0162. The maximum absolute atomic E-state index is 4.46. The zero-order valence-corrected chi connectivity index (χ0v) is 10.8. The fraction of sp³-hybridized carbons (Fsp3) is 0.500. The maximum atomic E-state index is 4.46. The third-order valence-corrected chi connectivity index (χ3v) is 1.78. The Kier molecular flexibility index (Phi) is 5.92. The number of rotatable bonds is 1. The molecule has 0 aliphatic rings. The molecule has 15 heavy (non-hydrogen) atoms. The zero-order valence-electron chi connectivity index (χ0n) is 10.8. The lowest BCUT2D eigenvalue weighted by Gasteiger charge is -2.11. The Labute approximate surface area is 94.3 Å². The molecule has 0 spiro atoms. The van der Waals surface area contributed by atoms with Gasteiger partial charge in [0.15, 0.2) is 0 Å². The van der Waals surface area contributed by atoms with Gasteiger partial charge in [0.1, 0.15) is 0 Å². The first-order valence-electron chi connectivity index (χ1n) is 5.60. The average Bonchev–Trinajstić information content (AvgIpc) is 2.18. The van der Waals surface area contributed by atoms with E-state index in [1.165, 1.54) is 11.1 Å². The molecule has 0 heterocycles. The smallest absolute Gasteiger partial charge is 0.0524 e. The first kappa shape index (κ1) is 13.9. The van der Waals surface area contributed by atoms with Crippen LogP contribution in [0.2, 0.25) is 0 Å². The van der Waals surface area contributed by atoms with Gasteiger partial charge >= 0.3 is 0 Å². The largest absolute Gasteiger partial charge is 0.287 e. The Morgan fingerprint density at radius 1 is 1.07 bits per heavy atom. The van der Waals surface area contributed by atoms with Crippen molar-refractivity contribution in [2.24, 2.45) is 4.99 Å². The van der Waals surface area contributed by atoms with E-state index in [0.717, 1.165) is 0 Å². The molecule has 0 aliphatic carbocycles. The highest BCUT2D eigenvalue weighted by atomic mass is 14.8. The van der Waals surface area contributed by atoms with E-state index in [0.29, 0.717) is 0 Å². The summed E-state index contributed by atoms with van der Waals surface area (Å²) < 4.78 is 0. The van der Waals surface area contributed by atoms with Gasteiger partial charge in [-0.15, -0.1) is 0 Å². The van der Waals surface area contributed by atoms with Crippen molar-refractivity contribution in [1.29, 1.82) is 0 Å². The van der Waals surface area contributed by atoms with E-state index >= 15 is 0 Å². The van der Waals surface area contributed by atoms with Gasteiger partial charge in [0.25, 0.3) is 0 Å². The lowest BCUT2D eigenvalue weighted by Crippen LogP contribution is -2.09. The van der Waals surface area contributed by atoms with Gasteiger partial charge in [-0.25, -0.2) is 0 Å². The number of aryl methyl sites for hydroxylation is 1. The highest BCUT2D eigenvalue weighted by Crippen LogP contribution is 2.08. The van der Waals surface area contributed by atoms with Crippen LogP contribution < -0.4 is 0 Å². The summed E-state index contributed by atoms with van der Waals surface area (Å²) in [5, 5.41) is 0. The second-order valence-corrected chi connectivity index (χ2v) is 4.29. The van der Waals surface area contributed by atoms with Gasteiger partial charge in [0, 0.05) is 6.21 Å². The van der Waals surface area contributed by atoms with Crippen LogP contribution in [0.4, 0.5) is 0 Å². The minimum Gasteiger partial charge on any atom is -0.287 e. The van der Waals surface area contributed by atoms with E-state index in [1.807, 2.05) is 32.2 Å². The molecular weight excluding hydrogens is 182 g/mol. The molecule has 0 unspecified atom stereocenters. The van der Waals surface area contributed by atoms with Gasteiger partial charge in [-0.3, -0.25) is 4.99 Å². The van der Waals surface area contributed by atoms with Crippen molar-refractivity contribution in [3.63, 3.8) is 0 Å². The van der Waals surface area contributed by atoms with Crippen LogP contribution in [-0.2, 0) is 0 Å². The zero-order chi connectivity index (χ0) is 11.9. The normalized spacial score (nSPS) is 11.1. The number of benzene rings is 1. The SMILES string of the molecule is CC.Cc1ccccc1C=NC(C)(C)C. The second kappa shape index (κ2) is 6.39. The van der Waals surface area contributed by atoms with E-state index in [4.69, 9.17) is 0 Å². The van der Waals surface area contributed by atoms with Gasteiger partial charge in [-0.1, -0.05) is 38.1 Å². The van der Waals surface area contributed by atoms with Crippen LogP contribution in [0.5, 0.6) is 0 Å². The van der Waals surface area contributed by atoms with E-state index in [2.05, 4.69) is 44.8 Å². The second-order valence-electron chi connectivity index (χ2n) is 4.29. The molecule has 1 aromatic rings. The van der Waals surface area contributed by atoms with Crippen LogP contribution in [-0.4, -0.2) is 11.8 Å². The molecule has 0 atom stereocenters. The van der Waals surface area contributed by atoms with Gasteiger partial charge < -0.3 is 0 Å². The fourth-order valence-corrected chi connectivity index (χ4v) is 0.995. The predicted octanol–water partition coefficient (Wildman–Crippen LogP) is 4.24. The van der Waals surface area contributed by atoms with Gasteiger partial charge in [-0.05, 0) is 38.8 Å². The highest BCUT2D eigenvalue weighted by molar-refractivity contribution is 5.81. The molecule has 1 aromatic carbocycles. The van der Waals surface area contributed by atoms with Crippen LogP contribution in [0.25, 0.3) is 0 Å². The standard InChI is InChI=1S/C12H17N.C2H6/c1-10-7-5-6-8-11(10)9-13-12(2,3)4;1-2/h5-9H,1-4H3;1-2H3. The minimum absolute atomic E-state index is 0.0162. The summed E-state index contributed by atoms with van der Waals surface area (Å²) in [5.74, 6) is 0. The fourth-order valence-electron chi connectivity index (χ4n) is 0.995. The molecular formula is C14H23N. The maximum Gasteiger partial charge on any atom is 0.0524 e. The van der Waals surface area contributed by atoms with Gasteiger partial charge in [0.05, 0.1) is 5.54 Å². The molecule has 0 aliphatic heterocycles. The third kappa shape index (κ3) is 6.05. The first-order valence-corrected chi connectivity index (χ1v) is 5.60. The summed E-state index contributed by atoms with van der Waals surface area (Å²) in [6.07, 6.45) is 1.95. The Morgan fingerprint density at radius 2 is 1.60 bits per heavy atom. The molecule has 0 N–H and O–H groups in total. The molecule has 0 radical (unpaired) electrons. The number of nitrogens with zero attached hydrogens (tertiary/aromatic N) is 1. The Morgan fingerprint density at radius 3 is 2.07 bits per heavy atom. The average molecular weight is 205 g/mol. The lowest BCUT2D eigenvalue weighted by atomic mass is 10.1. The van der Waals surface area contributed by atoms with Crippen molar-refractivity contribution in [2.75, 3.05) is 0 Å². The number of hydrogen-bond acceptors (Lipinski definition) is 1. The molecule has 0 saturated carbocycles. The van der Waals surface area contributed by atoms with Crippen LogP contribution in [0.1, 0.15) is 45.7 Å². The van der Waals surface area contributed by atoms with E-state index in [-0.39, 0.29) is 5.54 Å². The van der Waals surface area contributed by atoms with Crippen molar-refractivity contribution in [1.82, 2.24) is 0 Å². The summed E-state index contributed by atoms with van der Waals surface area (Å²) in [7, 11) is 0. The Hall–Kier alpha value is -1.11. The molecule has 84 valence electrons. The van der Waals surface area contributed by atoms with Gasteiger partial charge in [0.2, 0.25) is 0 Å². The monoisotopic (exact) mass is 205 g/mol. The van der Waals surface area contributed by atoms with Crippen LogP contribution in [0.15, 0.2) is 29.3 Å². The topological polar surface area (TPSA) is 12.4 Å². The van der Waals surface area contributed by atoms with Crippen molar-refractivity contribution in [3.05, 3.63) is 35.4 Å².